The van der Waals surface area contributed by atoms with Crippen molar-refractivity contribution in [3.05, 3.63) is 0 Å². The Kier molecular flexibility index (Phi) is 70.3. The van der Waals surface area contributed by atoms with Crippen molar-refractivity contribution in [3.63, 3.8) is 0 Å². The lowest BCUT2D eigenvalue weighted by atomic mass is 10.0. The van der Waals surface area contributed by atoms with Crippen LogP contribution in [0.5, 0.6) is 0 Å². The highest BCUT2D eigenvalue weighted by Crippen LogP contribution is 2.45. The molecule has 17 nitrogen and oxygen atoms in total. The highest BCUT2D eigenvalue weighted by Gasteiger charge is 2.30. The lowest BCUT2D eigenvalue weighted by molar-refractivity contribution is -0.161. The van der Waals surface area contributed by atoms with Crippen molar-refractivity contribution in [1.29, 1.82) is 0 Å². The van der Waals surface area contributed by atoms with Crippen LogP contribution in [0, 0.1) is 11.8 Å². The maximum Gasteiger partial charge on any atom is 0.472 e. The number of rotatable bonds is 79. The van der Waals surface area contributed by atoms with Crippen LogP contribution in [0.15, 0.2) is 0 Å². The Morgan fingerprint density at radius 2 is 0.465 bits per heavy atom. The van der Waals surface area contributed by atoms with Gasteiger partial charge >= 0.3 is 39.5 Å². The molecule has 0 radical (unpaired) electrons. The minimum Gasteiger partial charge on any atom is -0.462 e. The molecule has 0 spiro atoms. The van der Waals surface area contributed by atoms with E-state index in [9.17, 15) is 43.2 Å². The first-order valence-electron chi connectivity index (χ1n) is 41.5. The van der Waals surface area contributed by atoms with E-state index in [1.54, 1.807) is 0 Å². The van der Waals surface area contributed by atoms with E-state index in [0.29, 0.717) is 25.7 Å². The zero-order chi connectivity index (χ0) is 72.8. The Bertz CT molecular complexity index is 1910. The van der Waals surface area contributed by atoms with Crippen LogP contribution in [0.1, 0.15) is 420 Å². The smallest absolute Gasteiger partial charge is 0.462 e. The van der Waals surface area contributed by atoms with Crippen molar-refractivity contribution < 1.29 is 80.2 Å². The molecule has 2 unspecified atom stereocenters. The standard InChI is InChI=1S/C80H156O17P2/c1-7-9-11-13-15-16-17-18-19-20-21-22-30-35-40-46-52-58-65-80(85)97-76(69-91-78(83)63-57-51-45-39-34-29-25-23-27-32-37-43-48-54-60-72(3)4)71-95-99(88,89)93-67-74(81)66-92-98(86,87)94-70-75(68-90-77(82)62-56-50-42-14-12-10-8-2)96-79(84)64-59-53-47-41-36-31-26-24-28-33-38-44-49-55-61-73(5)6/h72-76,81H,7-71H2,1-6H3,(H,86,87)(H,88,89)/t74-,75+,76+/m0/s1. The van der Waals surface area contributed by atoms with Crippen LogP contribution in [0.4, 0.5) is 0 Å². The van der Waals surface area contributed by atoms with Gasteiger partial charge in [0, 0.05) is 25.7 Å². The molecule has 0 heterocycles. The highest BCUT2D eigenvalue weighted by atomic mass is 31.2. The van der Waals surface area contributed by atoms with Gasteiger partial charge < -0.3 is 33.8 Å². The summed E-state index contributed by atoms with van der Waals surface area (Å²) in [6, 6.07) is 0. The molecule has 0 aromatic rings. The van der Waals surface area contributed by atoms with Crippen molar-refractivity contribution in [2.45, 2.75) is 439 Å². The van der Waals surface area contributed by atoms with Crippen molar-refractivity contribution in [2.24, 2.45) is 11.8 Å². The van der Waals surface area contributed by atoms with Gasteiger partial charge in [-0.15, -0.1) is 0 Å². The fourth-order valence-corrected chi connectivity index (χ4v) is 13.9. The van der Waals surface area contributed by atoms with Crippen LogP contribution in [-0.4, -0.2) is 96.7 Å². The fraction of sp³-hybridized carbons (Fsp3) is 0.950. The second-order valence-electron chi connectivity index (χ2n) is 29.8. The summed E-state index contributed by atoms with van der Waals surface area (Å²) >= 11 is 0. The van der Waals surface area contributed by atoms with Crippen molar-refractivity contribution in [1.82, 2.24) is 0 Å². The van der Waals surface area contributed by atoms with Gasteiger partial charge in [0.25, 0.3) is 0 Å². The molecular formula is C80H156O17P2. The lowest BCUT2D eigenvalue weighted by Gasteiger charge is -2.21. The van der Waals surface area contributed by atoms with Crippen molar-refractivity contribution in [3.8, 4) is 0 Å². The molecule has 0 fully saturated rings. The molecule has 0 aromatic carbocycles. The molecule has 3 N–H and O–H groups in total. The van der Waals surface area contributed by atoms with Gasteiger partial charge in [-0.1, -0.05) is 369 Å². The maximum absolute atomic E-state index is 13.1. The van der Waals surface area contributed by atoms with Crippen molar-refractivity contribution >= 4 is 39.5 Å². The average Bonchev–Trinajstić information content (AvgIpc) is 1.05. The molecule has 0 aliphatic carbocycles. The van der Waals surface area contributed by atoms with E-state index in [0.717, 1.165) is 115 Å². The minimum absolute atomic E-state index is 0.107. The molecule has 5 atom stereocenters. The Balaban J connectivity index is 5.18. The quantitative estimate of drug-likeness (QED) is 0.0222. The molecule has 99 heavy (non-hydrogen) atoms. The molecule has 0 aromatic heterocycles. The summed E-state index contributed by atoms with van der Waals surface area (Å²) in [6.07, 6.45) is 61.2. The Hall–Kier alpha value is -1.94. The number of phosphoric ester groups is 2. The molecule has 0 saturated carbocycles. The third kappa shape index (κ3) is 74.1. The molecular weight excluding hydrogens is 1290 g/mol. The van der Waals surface area contributed by atoms with E-state index in [1.165, 1.54) is 225 Å². The molecule has 0 amide bonds. The van der Waals surface area contributed by atoms with Crippen LogP contribution in [0.25, 0.3) is 0 Å². The van der Waals surface area contributed by atoms with Gasteiger partial charge in [-0.05, 0) is 37.5 Å². The largest absolute Gasteiger partial charge is 0.472 e. The van der Waals surface area contributed by atoms with Gasteiger partial charge in [-0.25, -0.2) is 9.13 Å². The summed E-state index contributed by atoms with van der Waals surface area (Å²) in [4.78, 5) is 72.9. The second-order valence-corrected chi connectivity index (χ2v) is 32.7. The number of aliphatic hydroxyl groups is 1. The van der Waals surface area contributed by atoms with Gasteiger partial charge in [0.05, 0.1) is 26.4 Å². The number of carbonyl (C=O) groups excluding carboxylic acids is 4. The number of unbranched alkanes of at least 4 members (excludes halogenated alkanes) is 49. The summed E-state index contributed by atoms with van der Waals surface area (Å²) in [5.74, 6) is -0.519. The molecule has 588 valence electrons. The number of hydrogen-bond acceptors (Lipinski definition) is 15. The van der Waals surface area contributed by atoms with Gasteiger partial charge in [0.15, 0.2) is 12.2 Å². The van der Waals surface area contributed by atoms with Crippen LogP contribution < -0.4 is 0 Å². The van der Waals surface area contributed by atoms with Crippen LogP contribution >= 0.6 is 15.6 Å². The highest BCUT2D eigenvalue weighted by molar-refractivity contribution is 7.47. The van der Waals surface area contributed by atoms with E-state index in [2.05, 4.69) is 41.5 Å². The predicted octanol–water partition coefficient (Wildman–Crippen LogP) is 23.9. The first-order valence-corrected chi connectivity index (χ1v) is 44.5. The molecule has 0 bridgehead atoms. The zero-order valence-corrected chi connectivity index (χ0v) is 66.6. The van der Waals surface area contributed by atoms with E-state index in [4.69, 9.17) is 37.0 Å². The number of hydrogen-bond donors (Lipinski definition) is 3. The average molecular weight is 1450 g/mol. The van der Waals surface area contributed by atoms with Crippen LogP contribution in [-0.2, 0) is 65.4 Å². The Labute approximate surface area is 607 Å². The zero-order valence-electron chi connectivity index (χ0n) is 64.8. The predicted molar refractivity (Wildman–Crippen MR) is 405 cm³/mol. The van der Waals surface area contributed by atoms with Gasteiger partial charge in [0.2, 0.25) is 0 Å². The monoisotopic (exact) mass is 1450 g/mol. The third-order valence-electron chi connectivity index (χ3n) is 18.7. The summed E-state index contributed by atoms with van der Waals surface area (Å²) in [7, 11) is -9.91. The summed E-state index contributed by atoms with van der Waals surface area (Å²) in [5, 5.41) is 10.6. The topological polar surface area (TPSA) is 237 Å². The van der Waals surface area contributed by atoms with Crippen molar-refractivity contribution in [2.75, 3.05) is 39.6 Å². The summed E-state index contributed by atoms with van der Waals surface area (Å²) < 4.78 is 68.6. The fourth-order valence-electron chi connectivity index (χ4n) is 12.4. The number of phosphoric acid groups is 2. The summed E-state index contributed by atoms with van der Waals surface area (Å²) in [6.45, 7) is 9.64. The van der Waals surface area contributed by atoms with Crippen LogP contribution in [0.3, 0.4) is 0 Å². The van der Waals surface area contributed by atoms with E-state index in [-0.39, 0.29) is 25.7 Å². The Morgan fingerprint density at radius 1 is 0.273 bits per heavy atom. The van der Waals surface area contributed by atoms with Crippen LogP contribution in [0.2, 0.25) is 0 Å². The number of esters is 4. The number of carbonyl (C=O) groups is 4. The molecule has 19 heteroatoms. The van der Waals surface area contributed by atoms with Gasteiger partial charge in [-0.2, -0.15) is 0 Å². The molecule has 0 aliphatic rings. The first kappa shape index (κ1) is 97.1. The second kappa shape index (κ2) is 71.7. The van der Waals surface area contributed by atoms with Gasteiger partial charge in [-0.3, -0.25) is 37.3 Å². The van der Waals surface area contributed by atoms with E-state index < -0.39 is 97.5 Å². The van der Waals surface area contributed by atoms with Gasteiger partial charge in [0.1, 0.15) is 19.3 Å². The minimum atomic E-state index is -4.96. The lowest BCUT2D eigenvalue weighted by Crippen LogP contribution is -2.30. The first-order chi connectivity index (χ1) is 47.9. The SMILES string of the molecule is CCCCCCCCCCCCCCCCCCCCC(=O)O[C@H](COC(=O)CCCCCCCCCCCCCCCCC(C)C)COP(=O)(O)OC[C@@H](O)COP(=O)(O)OC[C@@H](COC(=O)CCCCCCCCC)OC(=O)CCCCCCCCCCCCCCCCC(C)C. The molecule has 0 aliphatic heterocycles. The third-order valence-corrected chi connectivity index (χ3v) is 20.6. The molecule has 0 saturated heterocycles. The Morgan fingerprint density at radius 3 is 0.687 bits per heavy atom. The normalized spacial score (nSPS) is 13.9. The van der Waals surface area contributed by atoms with E-state index in [1.807, 2.05) is 0 Å². The summed E-state index contributed by atoms with van der Waals surface area (Å²) in [5.41, 5.74) is 0. The molecule has 0 rings (SSSR count). The number of ether oxygens (including phenoxy) is 4. The van der Waals surface area contributed by atoms with E-state index >= 15 is 0 Å². The maximum atomic E-state index is 13.1. The number of aliphatic hydroxyl groups excluding tert-OH is 1.